The van der Waals surface area contributed by atoms with Gasteiger partial charge in [0, 0.05) is 37.4 Å². The zero-order chi connectivity index (χ0) is 22.7. The Bertz CT molecular complexity index is 1240. The Kier molecular flexibility index (Phi) is 6.09. The average molecular weight is 458 g/mol. The molecule has 6 nitrogen and oxygen atoms in total. The van der Waals surface area contributed by atoms with Crippen LogP contribution >= 0.6 is 0 Å². The summed E-state index contributed by atoms with van der Waals surface area (Å²) in [4.78, 5) is 16.0. The first-order valence-electron chi connectivity index (χ1n) is 10.0. The molecule has 0 radical (unpaired) electrons. The number of piperazine rings is 1. The predicted molar refractivity (Wildman–Crippen MR) is 118 cm³/mol. The molecule has 0 aromatic heterocycles. The summed E-state index contributed by atoms with van der Waals surface area (Å²) < 4.78 is 55.3. The minimum atomic E-state index is -4.15. The van der Waals surface area contributed by atoms with Crippen molar-refractivity contribution in [2.24, 2.45) is 0 Å². The Morgan fingerprint density at radius 3 is 2.16 bits per heavy atom. The maximum Gasteiger partial charge on any atom is 0.264 e. The number of hydrogen-bond acceptors (Lipinski definition) is 4. The van der Waals surface area contributed by atoms with Crippen LogP contribution in [0.15, 0.2) is 77.7 Å². The van der Waals surface area contributed by atoms with Gasteiger partial charge in [0.1, 0.15) is 16.5 Å². The Morgan fingerprint density at radius 1 is 0.812 bits per heavy atom. The van der Waals surface area contributed by atoms with Gasteiger partial charge in [-0.1, -0.05) is 30.3 Å². The number of rotatable bonds is 5. The summed E-state index contributed by atoms with van der Waals surface area (Å²) in [6.45, 7) is 1.76. The number of sulfonamides is 1. The molecule has 0 spiro atoms. The molecule has 1 fully saturated rings. The molecule has 1 heterocycles. The molecule has 1 amide bonds. The fraction of sp³-hybridized carbons (Fsp3) is 0.174. The summed E-state index contributed by atoms with van der Waals surface area (Å²) in [7, 11) is -4.15. The summed E-state index contributed by atoms with van der Waals surface area (Å²) in [5.41, 5.74) is 0.964. The van der Waals surface area contributed by atoms with Crippen molar-refractivity contribution in [2.45, 2.75) is 4.90 Å². The highest BCUT2D eigenvalue weighted by molar-refractivity contribution is 7.92. The summed E-state index contributed by atoms with van der Waals surface area (Å²) in [6.07, 6.45) is 0. The van der Waals surface area contributed by atoms with Crippen LogP contribution in [0.4, 0.5) is 20.2 Å². The highest BCUT2D eigenvalue weighted by Crippen LogP contribution is 2.22. The Balaban J connectivity index is 1.45. The molecule has 1 saturated heterocycles. The smallest absolute Gasteiger partial charge is 0.264 e. The van der Waals surface area contributed by atoms with E-state index in [1.807, 2.05) is 4.90 Å². The average Bonchev–Trinajstić information content (AvgIpc) is 2.79. The fourth-order valence-corrected chi connectivity index (χ4v) is 4.76. The number of hydrogen-bond donors (Lipinski definition) is 1. The van der Waals surface area contributed by atoms with Crippen molar-refractivity contribution in [1.29, 1.82) is 0 Å². The maximum absolute atomic E-state index is 14.0. The molecule has 3 aromatic rings. The highest BCUT2D eigenvalue weighted by Gasteiger charge is 2.24. The van der Waals surface area contributed by atoms with Crippen LogP contribution in [-0.2, 0) is 10.0 Å². The number of anilines is 2. The Hall–Kier alpha value is -3.46. The number of benzene rings is 3. The molecule has 0 bridgehead atoms. The van der Waals surface area contributed by atoms with Crippen LogP contribution < -0.4 is 9.62 Å². The topological polar surface area (TPSA) is 69.7 Å². The van der Waals surface area contributed by atoms with Crippen molar-refractivity contribution in [3.05, 3.63) is 90.0 Å². The lowest BCUT2D eigenvalue weighted by Crippen LogP contribution is -2.49. The molecule has 4 rings (SSSR count). The number of amides is 1. The molecule has 166 valence electrons. The molecule has 1 N–H and O–H groups in total. The predicted octanol–water partition coefficient (Wildman–Crippen LogP) is 3.73. The van der Waals surface area contributed by atoms with E-state index < -0.39 is 20.7 Å². The van der Waals surface area contributed by atoms with Crippen molar-refractivity contribution in [1.82, 2.24) is 4.90 Å². The van der Waals surface area contributed by atoms with Crippen LogP contribution in [0.3, 0.4) is 0 Å². The summed E-state index contributed by atoms with van der Waals surface area (Å²) >= 11 is 0. The number of carbonyl (C=O) groups excluding carboxylic acids is 1. The summed E-state index contributed by atoms with van der Waals surface area (Å²) in [5, 5.41) is 0. The lowest BCUT2D eigenvalue weighted by Gasteiger charge is -2.36. The minimum Gasteiger partial charge on any atom is -0.366 e. The van der Waals surface area contributed by atoms with Crippen LogP contribution in [0.5, 0.6) is 0 Å². The van der Waals surface area contributed by atoms with Gasteiger partial charge in [0.2, 0.25) is 0 Å². The molecular weight excluding hydrogens is 436 g/mol. The molecule has 0 unspecified atom stereocenters. The van der Waals surface area contributed by atoms with Gasteiger partial charge in [0.25, 0.3) is 15.9 Å². The molecule has 9 heteroatoms. The van der Waals surface area contributed by atoms with Crippen molar-refractivity contribution >= 4 is 27.3 Å². The first-order valence-corrected chi connectivity index (χ1v) is 11.5. The van der Waals surface area contributed by atoms with Gasteiger partial charge in [0.15, 0.2) is 0 Å². The second-order valence-corrected chi connectivity index (χ2v) is 9.00. The van der Waals surface area contributed by atoms with Crippen LogP contribution in [0, 0.1) is 11.6 Å². The maximum atomic E-state index is 14.0. The third-order valence-electron chi connectivity index (χ3n) is 5.25. The number of nitrogens with one attached hydrogen (secondary N) is 1. The normalized spacial score (nSPS) is 14.3. The molecule has 1 aliphatic heterocycles. The van der Waals surface area contributed by atoms with E-state index in [4.69, 9.17) is 0 Å². The van der Waals surface area contributed by atoms with E-state index in [0.29, 0.717) is 37.4 Å². The monoisotopic (exact) mass is 457 g/mol. The number of carbonyl (C=O) groups is 1. The lowest BCUT2D eigenvalue weighted by molar-refractivity contribution is 0.0746. The molecule has 0 saturated carbocycles. The molecule has 0 aliphatic carbocycles. The van der Waals surface area contributed by atoms with E-state index in [0.717, 1.165) is 6.07 Å². The van der Waals surface area contributed by atoms with Gasteiger partial charge < -0.3 is 9.80 Å². The van der Waals surface area contributed by atoms with E-state index in [1.165, 1.54) is 36.4 Å². The first kappa shape index (κ1) is 21.8. The van der Waals surface area contributed by atoms with Gasteiger partial charge in [-0.15, -0.1) is 0 Å². The SMILES string of the molecule is O=C(c1cccc(NS(=O)(=O)c2ccccc2F)c1)N1CCN(c2ccccc2F)CC1. The number of para-hydroxylation sites is 1. The first-order chi connectivity index (χ1) is 15.3. The van der Waals surface area contributed by atoms with Crippen LogP contribution in [-0.4, -0.2) is 45.4 Å². The van der Waals surface area contributed by atoms with E-state index >= 15 is 0 Å². The van der Waals surface area contributed by atoms with Gasteiger partial charge >= 0.3 is 0 Å². The van der Waals surface area contributed by atoms with E-state index in [-0.39, 0.29) is 17.4 Å². The van der Waals surface area contributed by atoms with Crippen molar-refractivity contribution in [3.63, 3.8) is 0 Å². The minimum absolute atomic E-state index is 0.157. The van der Waals surface area contributed by atoms with E-state index in [1.54, 1.807) is 35.2 Å². The third kappa shape index (κ3) is 4.57. The van der Waals surface area contributed by atoms with Gasteiger partial charge in [-0.3, -0.25) is 9.52 Å². The molecule has 32 heavy (non-hydrogen) atoms. The summed E-state index contributed by atoms with van der Waals surface area (Å²) in [6, 6.07) is 17.6. The van der Waals surface area contributed by atoms with E-state index in [2.05, 4.69) is 4.72 Å². The molecular formula is C23H21F2N3O3S. The molecule has 3 aromatic carbocycles. The summed E-state index contributed by atoms with van der Waals surface area (Å²) in [5.74, 6) is -1.42. The molecule has 1 aliphatic rings. The van der Waals surface area contributed by atoms with E-state index in [9.17, 15) is 22.0 Å². The van der Waals surface area contributed by atoms with Crippen LogP contribution in [0.1, 0.15) is 10.4 Å². The van der Waals surface area contributed by atoms with Crippen molar-refractivity contribution < 1.29 is 22.0 Å². The lowest BCUT2D eigenvalue weighted by atomic mass is 10.1. The highest BCUT2D eigenvalue weighted by atomic mass is 32.2. The zero-order valence-corrected chi connectivity index (χ0v) is 17.9. The van der Waals surface area contributed by atoms with Crippen LogP contribution in [0.25, 0.3) is 0 Å². The van der Waals surface area contributed by atoms with Crippen molar-refractivity contribution in [2.75, 3.05) is 35.8 Å². The number of nitrogens with zero attached hydrogens (tertiary/aromatic N) is 2. The second kappa shape index (κ2) is 8.96. The second-order valence-electron chi connectivity index (χ2n) is 7.35. The molecule has 0 atom stereocenters. The van der Waals surface area contributed by atoms with Crippen molar-refractivity contribution in [3.8, 4) is 0 Å². The van der Waals surface area contributed by atoms with Gasteiger partial charge in [-0.05, 0) is 42.5 Å². The fourth-order valence-electron chi connectivity index (χ4n) is 3.63. The zero-order valence-electron chi connectivity index (χ0n) is 17.0. The number of halogens is 2. The van der Waals surface area contributed by atoms with Crippen LogP contribution in [0.2, 0.25) is 0 Å². The Labute approximate surface area is 185 Å². The standard InChI is InChI=1S/C23H21F2N3O3S/c24-19-8-1-3-10-21(19)27-12-14-28(15-13-27)23(29)17-6-5-7-18(16-17)26-32(30,31)22-11-4-2-9-20(22)25/h1-11,16,26H,12-15H2. The largest absolute Gasteiger partial charge is 0.366 e. The van der Waals surface area contributed by atoms with Gasteiger partial charge in [-0.2, -0.15) is 0 Å². The van der Waals surface area contributed by atoms with Gasteiger partial charge in [-0.25, -0.2) is 17.2 Å². The quantitative estimate of drug-likeness (QED) is 0.634. The third-order valence-corrected chi connectivity index (χ3v) is 6.66. The van der Waals surface area contributed by atoms with Gasteiger partial charge in [0.05, 0.1) is 5.69 Å². The Morgan fingerprint density at radius 2 is 1.47 bits per heavy atom.